The second-order valence-corrected chi connectivity index (χ2v) is 6.03. The van der Waals surface area contributed by atoms with E-state index in [0.29, 0.717) is 18.8 Å². The molecule has 1 aromatic rings. The molecule has 0 amide bonds. The van der Waals surface area contributed by atoms with Crippen molar-refractivity contribution in [1.82, 2.24) is 0 Å². The third kappa shape index (κ3) is 7.54. The lowest BCUT2D eigenvalue weighted by atomic mass is 10.1. The molecule has 0 spiro atoms. The van der Waals surface area contributed by atoms with E-state index in [9.17, 15) is 4.79 Å². The molecule has 0 bridgehead atoms. The Hall–Kier alpha value is -1.51. The summed E-state index contributed by atoms with van der Waals surface area (Å²) in [5.74, 6) is 0.553. The van der Waals surface area contributed by atoms with E-state index < -0.39 is 0 Å². The average molecular weight is 320 g/mol. The molecule has 0 fully saturated rings. The van der Waals surface area contributed by atoms with Gasteiger partial charge in [-0.3, -0.25) is 0 Å². The number of benzene rings is 1. The Morgan fingerprint density at radius 2 is 1.57 bits per heavy atom. The number of hydrogen-bond donors (Lipinski definition) is 0. The summed E-state index contributed by atoms with van der Waals surface area (Å²) in [5, 5.41) is 0. The van der Waals surface area contributed by atoms with Gasteiger partial charge in [-0.1, -0.05) is 58.4 Å². The molecule has 23 heavy (non-hydrogen) atoms. The van der Waals surface area contributed by atoms with Crippen LogP contribution in [0.1, 0.15) is 81.1 Å². The van der Waals surface area contributed by atoms with Gasteiger partial charge in [0.05, 0.1) is 18.8 Å². The number of ether oxygens (including phenoxy) is 2. The average Bonchev–Trinajstić information content (AvgIpc) is 2.55. The highest BCUT2D eigenvalue weighted by atomic mass is 16.5. The Labute approximate surface area is 141 Å². The fourth-order valence-electron chi connectivity index (χ4n) is 2.47. The fourth-order valence-corrected chi connectivity index (χ4v) is 2.47. The predicted octanol–water partition coefficient (Wildman–Crippen LogP) is 5.69. The zero-order valence-corrected chi connectivity index (χ0v) is 15.0. The van der Waals surface area contributed by atoms with E-state index in [4.69, 9.17) is 9.47 Å². The summed E-state index contributed by atoms with van der Waals surface area (Å²) in [6.45, 7) is 7.50. The van der Waals surface area contributed by atoms with Crippen LogP contribution < -0.4 is 4.74 Å². The lowest BCUT2D eigenvalue weighted by Gasteiger charge is -2.12. The highest BCUT2D eigenvalue weighted by molar-refractivity contribution is 5.91. The van der Waals surface area contributed by atoms with Gasteiger partial charge in [-0.2, -0.15) is 0 Å². The highest BCUT2D eigenvalue weighted by Gasteiger charge is 2.13. The maximum atomic E-state index is 12.2. The summed E-state index contributed by atoms with van der Waals surface area (Å²) in [7, 11) is 0. The molecule has 0 atom stereocenters. The molecular formula is C20H32O3. The molecule has 0 heterocycles. The van der Waals surface area contributed by atoms with Crippen molar-refractivity contribution in [2.45, 2.75) is 72.1 Å². The first-order chi connectivity index (χ1) is 11.2. The third-order valence-corrected chi connectivity index (χ3v) is 3.99. The van der Waals surface area contributed by atoms with Gasteiger partial charge < -0.3 is 9.47 Å². The van der Waals surface area contributed by atoms with Crippen LogP contribution in [0.5, 0.6) is 5.75 Å². The minimum Gasteiger partial charge on any atom is -0.493 e. The molecule has 130 valence electrons. The van der Waals surface area contributed by atoms with Gasteiger partial charge in [0.25, 0.3) is 0 Å². The summed E-state index contributed by atoms with van der Waals surface area (Å²) < 4.78 is 11.2. The van der Waals surface area contributed by atoms with Gasteiger partial charge in [0.2, 0.25) is 0 Å². The molecule has 0 unspecified atom stereocenters. The van der Waals surface area contributed by atoms with Crippen molar-refractivity contribution >= 4 is 5.97 Å². The Balaban J connectivity index is 2.46. The maximum absolute atomic E-state index is 12.2. The topological polar surface area (TPSA) is 35.5 Å². The third-order valence-electron chi connectivity index (χ3n) is 3.99. The molecule has 0 saturated heterocycles. The fraction of sp³-hybridized carbons (Fsp3) is 0.650. The largest absolute Gasteiger partial charge is 0.493 e. The van der Waals surface area contributed by atoms with Crippen LogP contribution >= 0.6 is 0 Å². The standard InChI is InChI=1S/C20H32O3/c1-4-6-8-10-15-22-19-14-12-13-18(17(19)3)20(21)23-16-11-9-7-5-2/h12-14H,4-11,15-16H2,1-3H3. The van der Waals surface area contributed by atoms with Crippen molar-refractivity contribution in [2.75, 3.05) is 13.2 Å². The van der Waals surface area contributed by atoms with Crippen LogP contribution in [0, 0.1) is 6.92 Å². The SMILES string of the molecule is CCCCCCOC(=O)c1cccc(OCCCCCC)c1C. The van der Waals surface area contributed by atoms with Crippen LogP contribution in [0.25, 0.3) is 0 Å². The van der Waals surface area contributed by atoms with Gasteiger partial charge in [-0.05, 0) is 31.9 Å². The van der Waals surface area contributed by atoms with Gasteiger partial charge in [-0.25, -0.2) is 4.79 Å². The summed E-state index contributed by atoms with van der Waals surface area (Å²) in [5.41, 5.74) is 1.49. The Bertz CT molecular complexity index is 454. The summed E-state index contributed by atoms with van der Waals surface area (Å²) in [4.78, 5) is 12.2. The number of rotatable bonds is 12. The lowest BCUT2D eigenvalue weighted by Crippen LogP contribution is -2.09. The molecule has 0 aromatic heterocycles. The van der Waals surface area contributed by atoms with Crippen LogP contribution in [0.15, 0.2) is 18.2 Å². The first-order valence-electron chi connectivity index (χ1n) is 9.10. The molecule has 1 rings (SSSR count). The minimum atomic E-state index is -0.240. The molecule has 0 radical (unpaired) electrons. The first-order valence-corrected chi connectivity index (χ1v) is 9.10. The minimum absolute atomic E-state index is 0.240. The van der Waals surface area contributed by atoms with E-state index >= 15 is 0 Å². The van der Waals surface area contributed by atoms with Crippen molar-refractivity contribution in [1.29, 1.82) is 0 Å². The van der Waals surface area contributed by atoms with Crippen LogP contribution in [0.4, 0.5) is 0 Å². The highest BCUT2D eigenvalue weighted by Crippen LogP contribution is 2.22. The Morgan fingerprint density at radius 1 is 0.913 bits per heavy atom. The van der Waals surface area contributed by atoms with Crippen LogP contribution in [0.3, 0.4) is 0 Å². The second-order valence-electron chi connectivity index (χ2n) is 6.03. The smallest absolute Gasteiger partial charge is 0.338 e. The zero-order chi connectivity index (χ0) is 16.9. The monoisotopic (exact) mass is 320 g/mol. The number of esters is 1. The van der Waals surface area contributed by atoms with E-state index in [2.05, 4.69) is 13.8 Å². The van der Waals surface area contributed by atoms with E-state index in [0.717, 1.165) is 30.6 Å². The zero-order valence-electron chi connectivity index (χ0n) is 15.0. The van der Waals surface area contributed by atoms with Crippen molar-refractivity contribution < 1.29 is 14.3 Å². The van der Waals surface area contributed by atoms with Crippen molar-refractivity contribution in [3.05, 3.63) is 29.3 Å². The van der Waals surface area contributed by atoms with Gasteiger partial charge in [0.15, 0.2) is 0 Å². The molecular weight excluding hydrogens is 288 g/mol. The maximum Gasteiger partial charge on any atom is 0.338 e. The van der Waals surface area contributed by atoms with Crippen LogP contribution in [-0.2, 0) is 4.74 Å². The molecule has 0 aliphatic rings. The number of carbonyl (C=O) groups excluding carboxylic acids is 1. The number of hydrogen-bond acceptors (Lipinski definition) is 3. The molecule has 3 heteroatoms. The van der Waals surface area contributed by atoms with E-state index in [1.165, 1.54) is 32.1 Å². The van der Waals surface area contributed by atoms with Gasteiger partial charge in [0, 0.05) is 5.56 Å². The molecule has 1 aromatic carbocycles. The van der Waals surface area contributed by atoms with Gasteiger partial charge in [0.1, 0.15) is 5.75 Å². The summed E-state index contributed by atoms with van der Waals surface area (Å²) >= 11 is 0. The van der Waals surface area contributed by atoms with Crippen molar-refractivity contribution in [2.24, 2.45) is 0 Å². The predicted molar refractivity (Wildman–Crippen MR) is 95.2 cm³/mol. The number of carbonyl (C=O) groups is 1. The van der Waals surface area contributed by atoms with E-state index in [1.54, 1.807) is 0 Å². The van der Waals surface area contributed by atoms with Crippen molar-refractivity contribution in [3.8, 4) is 5.75 Å². The Kier molecular flexibility index (Phi) is 10.2. The molecule has 0 aliphatic heterocycles. The van der Waals surface area contributed by atoms with E-state index in [1.807, 2.05) is 25.1 Å². The second kappa shape index (κ2) is 12.0. The molecule has 0 saturated carbocycles. The first kappa shape index (κ1) is 19.5. The molecule has 0 aliphatic carbocycles. The summed E-state index contributed by atoms with van der Waals surface area (Å²) in [6.07, 6.45) is 9.14. The normalized spacial score (nSPS) is 10.6. The van der Waals surface area contributed by atoms with Crippen molar-refractivity contribution in [3.63, 3.8) is 0 Å². The molecule has 3 nitrogen and oxygen atoms in total. The lowest BCUT2D eigenvalue weighted by molar-refractivity contribution is 0.0496. The van der Waals surface area contributed by atoms with Gasteiger partial charge >= 0.3 is 5.97 Å². The van der Waals surface area contributed by atoms with Crippen LogP contribution in [-0.4, -0.2) is 19.2 Å². The molecule has 0 N–H and O–H groups in total. The van der Waals surface area contributed by atoms with E-state index in [-0.39, 0.29) is 5.97 Å². The van der Waals surface area contributed by atoms with Gasteiger partial charge in [-0.15, -0.1) is 0 Å². The summed E-state index contributed by atoms with van der Waals surface area (Å²) in [6, 6.07) is 5.60. The Morgan fingerprint density at radius 3 is 2.22 bits per heavy atom. The van der Waals surface area contributed by atoms with Crippen LogP contribution in [0.2, 0.25) is 0 Å². The quantitative estimate of drug-likeness (QED) is 0.366. The number of unbranched alkanes of at least 4 members (excludes halogenated alkanes) is 6.